The van der Waals surface area contributed by atoms with Crippen LogP contribution in [0.3, 0.4) is 0 Å². The first kappa shape index (κ1) is 26.1. The average molecular weight is 517 g/mol. The first-order valence-corrected chi connectivity index (χ1v) is 10.7. The fourth-order valence-corrected chi connectivity index (χ4v) is 3.54. The highest BCUT2D eigenvalue weighted by atomic mass is 32.2. The summed E-state index contributed by atoms with van der Waals surface area (Å²) in [6.45, 7) is 0. The van der Waals surface area contributed by atoms with Gasteiger partial charge in [-0.3, -0.25) is 4.79 Å². The maximum absolute atomic E-state index is 13.4. The van der Waals surface area contributed by atoms with E-state index in [4.69, 9.17) is 9.47 Å². The van der Waals surface area contributed by atoms with Gasteiger partial charge in [0.2, 0.25) is 5.91 Å². The predicted octanol–water partition coefficient (Wildman–Crippen LogP) is 5.93. The highest BCUT2D eigenvalue weighted by Crippen LogP contribution is 2.35. The Balaban J connectivity index is 1.83. The van der Waals surface area contributed by atoms with Gasteiger partial charge in [0.15, 0.2) is 16.7 Å². The predicted molar refractivity (Wildman–Crippen MR) is 116 cm³/mol. The van der Waals surface area contributed by atoms with Crippen molar-refractivity contribution in [2.75, 3.05) is 25.3 Å². The lowest BCUT2D eigenvalue weighted by molar-refractivity contribution is -0.141. The van der Waals surface area contributed by atoms with Crippen molar-refractivity contribution in [1.29, 1.82) is 0 Å². The van der Waals surface area contributed by atoms with Crippen LogP contribution in [0, 0.1) is 0 Å². The average Bonchev–Trinajstić information content (AvgIpc) is 2.81. The zero-order valence-corrected chi connectivity index (χ0v) is 18.9. The number of hydrogen-bond donors (Lipinski definition) is 1. The molecule has 35 heavy (non-hydrogen) atoms. The molecular weight excluding hydrogens is 500 g/mol. The molecule has 2 aromatic carbocycles. The minimum atomic E-state index is -4.79. The summed E-state index contributed by atoms with van der Waals surface area (Å²) in [6, 6.07) is 9.15. The van der Waals surface area contributed by atoms with Gasteiger partial charge in [-0.25, -0.2) is 9.97 Å². The molecule has 0 aliphatic rings. The van der Waals surface area contributed by atoms with E-state index in [9.17, 15) is 31.1 Å². The largest absolute Gasteiger partial charge is 0.493 e. The molecule has 0 atom stereocenters. The van der Waals surface area contributed by atoms with E-state index in [1.807, 2.05) is 0 Å². The molecular formula is C22H17F6N3O3S. The van der Waals surface area contributed by atoms with Gasteiger partial charge in [-0.15, -0.1) is 0 Å². The number of alkyl halides is 6. The number of nitrogens with one attached hydrogen (secondary N) is 1. The lowest BCUT2D eigenvalue weighted by Gasteiger charge is -2.13. The Morgan fingerprint density at radius 2 is 1.63 bits per heavy atom. The summed E-state index contributed by atoms with van der Waals surface area (Å²) in [5.74, 6) is -0.555. The Hall–Kier alpha value is -3.48. The molecule has 0 bridgehead atoms. The first-order chi connectivity index (χ1) is 16.4. The van der Waals surface area contributed by atoms with E-state index in [1.54, 1.807) is 0 Å². The van der Waals surface area contributed by atoms with Gasteiger partial charge in [0.1, 0.15) is 5.69 Å². The number of benzene rings is 2. The molecule has 0 aliphatic carbocycles. The third-order valence-corrected chi connectivity index (χ3v) is 5.33. The molecule has 13 heteroatoms. The van der Waals surface area contributed by atoms with Crippen molar-refractivity contribution in [3.63, 3.8) is 0 Å². The van der Waals surface area contributed by atoms with Crippen LogP contribution < -0.4 is 14.8 Å². The van der Waals surface area contributed by atoms with Crippen molar-refractivity contribution in [1.82, 2.24) is 9.97 Å². The summed E-state index contributed by atoms with van der Waals surface area (Å²) >= 11 is 0.602. The van der Waals surface area contributed by atoms with Crippen LogP contribution in [0.25, 0.3) is 11.3 Å². The Kier molecular flexibility index (Phi) is 7.78. The maximum atomic E-state index is 13.4. The third-order valence-electron chi connectivity index (χ3n) is 4.48. The summed E-state index contributed by atoms with van der Waals surface area (Å²) in [5.41, 5.74) is -2.08. The molecule has 0 unspecified atom stereocenters. The molecule has 3 aromatic rings. The minimum absolute atomic E-state index is 0.0749. The number of ether oxygens (including phenoxy) is 2. The zero-order chi connectivity index (χ0) is 25.8. The fraction of sp³-hybridized carbons (Fsp3) is 0.227. The summed E-state index contributed by atoms with van der Waals surface area (Å²) < 4.78 is 89.1. The minimum Gasteiger partial charge on any atom is -0.493 e. The zero-order valence-electron chi connectivity index (χ0n) is 18.1. The van der Waals surface area contributed by atoms with Crippen LogP contribution in [0.4, 0.5) is 32.0 Å². The van der Waals surface area contributed by atoms with E-state index < -0.39 is 35.3 Å². The smallest absolute Gasteiger partial charge is 0.433 e. The monoisotopic (exact) mass is 517 g/mol. The number of amides is 1. The number of anilines is 1. The van der Waals surface area contributed by atoms with Gasteiger partial charge in [0.25, 0.3) is 0 Å². The molecule has 186 valence electrons. The second-order valence-corrected chi connectivity index (χ2v) is 7.85. The van der Waals surface area contributed by atoms with Crippen LogP contribution in [0.15, 0.2) is 53.7 Å². The van der Waals surface area contributed by atoms with E-state index in [2.05, 4.69) is 15.3 Å². The van der Waals surface area contributed by atoms with Gasteiger partial charge < -0.3 is 14.8 Å². The summed E-state index contributed by atoms with van der Waals surface area (Å²) in [6.07, 6.45) is -9.38. The van der Waals surface area contributed by atoms with Gasteiger partial charge in [0.05, 0.1) is 31.2 Å². The molecule has 0 aliphatic heterocycles. The summed E-state index contributed by atoms with van der Waals surface area (Å²) in [7, 11) is 2.77. The fourth-order valence-electron chi connectivity index (χ4n) is 2.88. The second-order valence-electron chi connectivity index (χ2n) is 6.90. The number of halogens is 6. The van der Waals surface area contributed by atoms with Gasteiger partial charge >= 0.3 is 12.4 Å². The first-order valence-electron chi connectivity index (χ1n) is 9.69. The van der Waals surface area contributed by atoms with Crippen LogP contribution in [-0.2, 0) is 17.1 Å². The second kappa shape index (κ2) is 10.4. The molecule has 0 saturated carbocycles. The van der Waals surface area contributed by atoms with Crippen molar-refractivity contribution in [2.24, 2.45) is 0 Å². The highest BCUT2D eigenvalue weighted by Gasteiger charge is 2.34. The molecule has 1 aromatic heterocycles. The van der Waals surface area contributed by atoms with Crippen LogP contribution >= 0.6 is 11.8 Å². The lowest BCUT2D eigenvalue weighted by atomic mass is 10.1. The third kappa shape index (κ3) is 6.78. The number of hydrogen-bond acceptors (Lipinski definition) is 6. The topological polar surface area (TPSA) is 73.3 Å². The molecule has 3 rings (SSSR count). The lowest BCUT2D eigenvalue weighted by Crippen LogP contribution is -2.16. The number of thioether (sulfide) groups is 1. The molecule has 0 spiro atoms. The van der Waals surface area contributed by atoms with Crippen LogP contribution in [0.1, 0.15) is 11.3 Å². The number of carbonyl (C=O) groups is 1. The van der Waals surface area contributed by atoms with Crippen molar-refractivity contribution >= 4 is 23.4 Å². The Bertz CT molecular complexity index is 1220. The Labute approximate surface area is 199 Å². The molecule has 0 radical (unpaired) electrons. The van der Waals surface area contributed by atoms with Gasteiger partial charge in [-0.1, -0.05) is 17.8 Å². The number of nitrogens with zero attached hydrogens (tertiary/aromatic N) is 2. The van der Waals surface area contributed by atoms with Crippen molar-refractivity contribution in [3.05, 3.63) is 59.8 Å². The van der Waals surface area contributed by atoms with Crippen molar-refractivity contribution in [2.45, 2.75) is 17.5 Å². The molecule has 6 nitrogen and oxygen atoms in total. The number of carbonyl (C=O) groups excluding carboxylic acids is 1. The number of rotatable bonds is 7. The van der Waals surface area contributed by atoms with Crippen LogP contribution in [0.5, 0.6) is 11.5 Å². The SMILES string of the molecule is COc1ccc(-c2cc(C(F)(F)F)nc(SCC(=O)Nc3cccc(C(F)(F)F)c3)n2)cc1OC. The molecule has 1 heterocycles. The van der Waals surface area contributed by atoms with Gasteiger partial charge in [-0.2, -0.15) is 26.3 Å². The van der Waals surface area contributed by atoms with Crippen molar-refractivity contribution in [3.8, 4) is 22.8 Å². The number of aromatic nitrogens is 2. The van der Waals surface area contributed by atoms with Crippen molar-refractivity contribution < 1.29 is 40.6 Å². The summed E-state index contributed by atoms with van der Waals surface area (Å²) in [5, 5.41) is 1.93. The van der Waals surface area contributed by atoms with Crippen LogP contribution in [-0.4, -0.2) is 35.8 Å². The van der Waals surface area contributed by atoms with E-state index in [0.717, 1.165) is 24.3 Å². The standard InChI is InChI=1S/C22H17F6N3O3S/c1-33-16-7-6-12(8-17(16)34-2)15-10-18(22(26,27)28)31-20(30-15)35-11-19(32)29-14-5-3-4-13(9-14)21(23,24)25/h3-10H,11H2,1-2H3,(H,29,32). The Morgan fingerprint density at radius 1 is 0.914 bits per heavy atom. The molecule has 0 fully saturated rings. The highest BCUT2D eigenvalue weighted by molar-refractivity contribution is 7.99. The van der Waals surface area contributed by atoms with E-state index in [0.29, 0.717) is 17.5 Å². The maximum Gasteiger partial charge on any atom is 0.433 e. The summed E-state index contributed by atoms with van der Waals surface area (Å²) in [4.78, 5) is 19.8. The normalized spacial score (nSPS) is 11.8. The quantitative estimate of drug-likeness (QED) is 0.238. The molecule has 1 N–H and O–H groups in total. The van der Waals surface area contributed by atoms with Crippen LogP contribution in [0.2, 0.25) is 0 Å². The Morgan fingerprint density at radius 3 is 2.26 bits per heavy atom. The van der Waals surface area contributed by atoms with Gasteiger partial charge in [0, 0.05) is 11.3 Å². The van der Waals surface area contributed by atoms with Gasteiger partial charge in [-0.05, 0) is 42.5 Å². The van der Waals surface area contributed by atoms with E-state index in [-0.39, 0.29) is 27.9 Å². The van der Waals surface area contributed by atoms with E-state index in [1.165, 1.54) is 38.5 Å². The number of methoxy groups -OCH3 is 2. The van der Waals surface area contributed by atoms with E-state index >= 15 is 0 Å². The molecule has 0 saturated heterocycles. The molecule has 1 amide bonds.